The Labute approximate surface area is 112 Å². The van der Waals surface area contributed by atoms with Crippen LogP contribution in [-0.2, 0) is 4.74 Å². The molecular formula is C14H19NO4. The Morgan fingerprint density at radius 1 is 1.47 bits per heavy atom. The largest absolute Gasteiger partial charge is 0.415 e. The number of ether oxygens (including phenoxy) is 2. The molecule has 1 aromatic rings. The molecule has 1 unspecified atom stereocenters. The lowest BCUT2D eigenvalue weighted by Crippen LogP contribution is -2.56. The number of para-hydroxylation sites is 1. The van der Waals surface area contributed by atoms with Crippen LogP contribution in [0.3, 0.4) is 0 Å². The van der Waals surface area contributed by atoms with E-state index in [2.05, 4.69) is 0 Å². The van der Waals surface area contributed by atoms with Crippen LogP contribution in [0.2, 0.25) is 0 Å². The lowest BCUT2D eigenvalue weighted by atomic mass is 10.1. The van der Waals surface area contributed by atoms with Gasteiger partial charge in [0.25, 0.3) is 0 Å². The zero-order chi connectivity index (χ0) is 13.9. The summed E-state index contributed by atoms with van der Waals surface area (Å²) in [5.74, 6) is 0.511. The van der Waals surface area contributed by atoms with Gasteiger partial charge in [0, 0.05) is 0 Å². The maximum Gasteiger partial charge on any atom is 0.415 e. The number of carbonyl (C=O) groups excluding carboxylic acids is 1. The van der Waals surface area contributed by atoms with E-state index in [-0.39, 0.29) is 12.7 Å². The second-order valence-corrected chi connectivity index (χ2v) is 5.24. The summed E-state index contributed by atoms with van der Waals surface area (Å²) in [6.45, 7) is 4.44. The predicted molar refractivity (Wildman–Crippen MR) is 70.1 cm³/mol. The number of morpholine rings is 1. The molecule has 19 heavy (non-hydrogen) atoms. The molecule has 1 atom stereocenters. The van der Waals surface area contributed by atoms with Crippen LogP contribution in [0.5, 0.6) is 5.75 Å². The third kappa shape index (κ3) is 3.68. The van der Waals surface area contributed by atoms with Gasteiger partial charge in [-0.05, 0) is 26.0 Å². The number of nitrogens with zero attached hydrogens (tertiary/aromatic N) is 1. The van der Waals surface area contributed by atoms with Crippen molar-refractivity contribution < 1.29 is 19.4 Å². The molecule has 0 aromatic heterocycles. The fourth-order valence-electron chi connectivity index (χ4n) is 2.18. The standard InChI is InChI=1S/C14H19NO4/c1-14(2)10-15(8-12(9-16)19-14)13(17)18-11-6-4-3-5-7-11/h3-7,12,16H,8-10H2,1-2H3. The van der Waals surface area contributed by atoms with E-state index in [1.54, 1.807) is 17.0 Å². The molecule has 1 aliphatic heterocycles. The van der Waals surface area contributed by atoms with Gasteiger partial charge in [-0.3, -0.25) is 0 Å². The molecule has 2 rings (SSSR count). The summed E-state index contributed by atoms with van der Waals surface area (Å²) in [7, 11) is 0. The Morgan fingerprint density at radius 3 is 2.79 bits per heavy atom. The van der Waals surface area contributed by atoms with Crippen LogP contribution in [-0.4, -0.2) is 47.5 Å². The zero-order valence-corrected chi connectivity index (χ0v) is 11.2. The van der Waals surface area contributed by atoms with Gasteiger partial charge in [-0.1, -0.05) is 18.2 Å². The second-order valence-electron chi connectivity index (χ2n) is 5.24. The summed E-state index contributed by atoms with van der Waals surface area (Å²) in [6.07, 6.45) is -0.784. The molecule has 1 fully saturated rings. The van der Waals surface area contributed by atoms with Crippen molar-refractivity contribution in [3.63, 3.8) is 0 Å². The summed E-state index contributed by atoms with van der Waals surface area (Å²) >= 11 is 0. The number of carbonyl (C=O) groups is 1. The van der Waals surface area contributed by atoms with Crippen LogP contribution < -0.4 is 4.74 Å². The van der Waals surface area contributed by atoms with Crippen molar-refractivity contribution in [2.45, 2.75) is 25.6 Å². The number of aliphatic hydroxyl groups excluding tert-OH is 1. The molecule has 1 amide bonds. The van der Waals surface area contributed by atoms with Gasteiger partial charge in [-0.25, -0.2) is 4.79 Å². The molecule has 0 radical (unpaired) electrons. The molecule has 1 saturated heterocycles. The van der Waals surface area contributed by atoms with E-state index in [9.17, 15) is 9.90 Å². The van der Waals surface area contributed by atoms with Gasteiger partial charge in [0.15, 0.2) is 0 Å². The maximum atomic E-state index is 12.1. The van der Waals surface area contributed by atoms with Gasteiger partial charge in [-0.15, -0.1) is 0 Å². The number of hydrogen-bond donors (Lipinski definition) is 1. The fourth-order valence-corrected chi connectivity index (χ4v) is 2.18. The van der Waals surface area contributed by atoms with E-state index in [0.29, 0.717) is 18.8 Å². The minimum absolute atomic E-state index is 0.113. The van der Waals surface area contributed by atoms with E-state index >= 15 is 0 Å². The summed E-state index contributed by atoms with van der Waals surface area (Å²) in [6, 6.07) is 8.93. The van der Waals surface area contributed by atoms with Crippen molar-refractivity contribution in [3.05, 3.63) is 30.3 Å². The Balaban J connectivity index is 2.02. The predicted octanol–water partition coefficient (Wildman–Crippen LogP) is 1.66. The van der Waals surface area contributed by atoms with Gasteiger partial charge < -0.3 is 19.5 Å². The van der Waals surface area contributed by atoms with E-state index < -0.39 is 11.7 Å². The second kappa shape index (κ2) is 5.59. The Hall–Kier alpha value is -1.59. The zero-order valence-electron chi connectivity index (χ0n) is 11.2. The third-order valence-electron chi connectivity index (χ3n) is 2.89. The third-order valence-corrected chi connectivity index (χ3v) is 2.89. The summed E-state index contributed by atoms with van der Waals surface area (Å²) in [5.41, 5.74) is -0.485. The normalized spacial score (nSPS) is 22.1. The van der Waals surface area contributed by atoms with Crippen LogP contribution in [0, 0.1) is 0 Å². The average molecular weight is 265 g/mol. The molecule has 0 spiro atoms. The first kappa shape index (κ1) is 13.8. The molecule has 104 valence electrons. The minimum Gasteiger partial charge on any atom is -0.410 e. The first-order chi connectivity index (χ1) is 9.00. The smallest absolute Gasteiger partial charge is 0.410 e. The fraction of sp³-hybridized carbons (Fsp3) is 0.500. The van der Waals surface area contributed by atoms with Gasteiger partial charge in [0.1, 0.15) is 5.75 Å². The van der Waals surface area contributed by atoms with Crippen molar-refractivity contribution in [3.8, 4) is 5.75 Å². The molecule has 1 aromatic carbocycles. The molecule has 0 aliphatic carbocycles. The number of benzene rings is 1. The molecule has 1 N–H and O–H groups in total. The van der Waals surface area contributed by atoms with Crippen molar-refractivity contribution in [2.75, 3.05) is 19.7 Å². The summed E-state index contributed by atoms with van der Waals surface area (Å²) in [4.78, 5) is 13.7. The van der Waals surface area contributed by atoms with Gasteiger partial charge >= 0.3 is 6.09 Å². The number of amides is 1. The topological polar surface area (TPSA) is 59.0 Å². The highest BCUT2D eigenvalue weighted by molar-refractivity contribution is 5.71. The number of hydrogen-bond acceptors (Lipinski definition) is 4. The van der Waals surface area contributed by atoms with Crippen molar-refractivity contribution >= 4 is 6.09 Å². The molecule has 0 bridgehead atoms. The molecule has 5 nitrogen and oxygen atoms in total. The summed E-state index contributed by atoms with van der Waals surface area (Å²) in [5, 5.41) is 9.21. The van der Waals surface area contributed by atoms with Gasteiger partial charge in [0.05, 0.1) is 31.4 Å². The molecule has 1 heterocycles. The lowest BCUT2D eigenvalue weighted by Gasteiger charge is -2.41. The molecule has 0 saturated carbocycles. The highest BCUT2D eigenvalue weighted by Crippen LogP contribution is 2.22. The Morgan fingerprint density at radius 2 is 2.16 bits per heavy atom. The molecular weight excluding hydrogens is 246 g/mol. The highest BCUT2D eigenvalue weighted by atomic mass is 16.6. The molecule has 5 heteroatoms. The van der Waals surface area contributed by atoms with E-state index in [0.717, 1.165) is 0 Å². The first-order valence-corrected chi connectivity index (χ1v) is 6.31. The highest BCUT2D eigenvalue weighted by Gasteiger charge is 2.36. The van der Waals surface area contributed by atoms with Crippen LogP contribution >= 0.6 is 0 Å². The number of rotatable bonds is 2. The van der Waals surface area contributed by atoms with Crippen LogP contribution in [0.25, 0.3) is 0 Å². The van der Waals surface area contributed by atoms with Gasteiger partial charge in [-0.2, -0.15) is 0 Å². The van der Waals surface area contributed by atoms with Gasteiger partial charge in [0.2, 0.25) is 0 Å². The SMILES string of the molecule is CC1(C)CN(C(=O)Oc2ccccc2)CC(CO)O1. The van der Waals surface area contributed by atoms with Crippen LogP contribution in [0.4, 0.5) is 4.79 Å². The van der Waals surface area contributed by atoms with E-state index in [4.69, 9.17) is 9.47 Å². The van der Waals surface area contributed by atoms with E-state index in [1.165, 1.54) is 0 Å². The quantitative estimate of drug-likeness (QED) is 0.883. The van der Waals surface area contributed by atoms with Crippen molar-refractivity contribution in [1.29, 1.82) is 0 Å². The lowest BCUT2D eigenvalue weighted by molar-refractivity contribution is -0.140. The first-order valence-electron chi connectivity index (χ1n) is 6.31. The maximum absolute atomic E-state index is 12.1. The minimum atomic E-state index is -0.485. The van der Waals surface area contributed by atoms with E-state index in [1.807, 2.05) is 32.0 Å². The van der Waals surface area contributed by atoms with Crippen molar-refractivity contribution in [1.82, 2.24) is 4.90 Å². The number of aliphatic hydroxyl groups is 1. The van der Waals surface area contributed by atoms with Crippen molar-refractivity contribution in [2.24, 2.45) is 0 Å². The monoisotopic (exact) mass is 265 g/mol. The Kier molecular flexibility index (Phi) is 4.07. The van der Waals surface area contributed by atoms with Crippen LogP contribution in [0.1, 0.15) is 13.8 Å². The average Bonchev–Trinajstić information content (AvgIpc) is 2.38. The van der Waals surface area contributed by atoms with Crippen LogP contribution in [0.15, 0.2) is 30.3 Å². The summed E-state index contributed by atoms with van der Waals surface area (Å²) < 4.78 is 10.9. The Bertz CT molecular complexity index is 432. The molecule has 1 aliphatic rings.